The van der Waals surface area contributed by atoms with E-state index < -0.39 is 10.0 Å². The summed E-state index contributed by atoms with van der Waals surface area (Å²) in [7, 11) is -3.58. The predicted molar refractivity (Wildman–Crippen MR) is 114 cm³/mol. The summed E-state index contributed by atoms with van der Waals surface area (Å²) < 4.78 is 27.4. The maximum absolute atomic E-state index is 12.4. The number of sulfonamides is 1. The van der Waals surface area contributed by atoms with Crippen LogP contribution in [0.25, 0.3) is 5.69 Å². The van der Waals surface area contributed by atoms with Crippen molar-refractivity contribution in [3.8, 4) is 5.69 Å². The van der Waals surface area contributed by atoms with Crippen LogP contribution < -0.4 is 9.62 Å². The van der Waals surface area contributed by atoms with Gasteiger partial charge in [-0.05, 0) is 49.2 Å². The minimum atomic E-state index is -3.58. The molecule has 2 aromatic carbocycles. The molecule has 3 aromatic rings. The number of rotatable bonds is 7. The van der Waals surface area contributed by atoms with E-state index in [2.05, 4.69) is 10.3 Å². The van der Waals surface area contributed by atoms with Gasteiger partial charge in [0.05, 0.1) is 11.9 Å². The van der Waals surface area contributed by atoms with Crippen LogP contribution in [0.5, 0.6) is 0 Å². The maximum atomic E-state index is 12.4. The molecule has 0 aliphatic heterocycles. The highest BCUT2D eigenvalue weighted by molar-refractivity contribution is 7.92. The molecular weight excluding hydrogens is 388 g/mol. The number of aryl methyl sites for hydroxylation is 2. The van der Waals surface area contributed by atoms with Crippen molar-refractivity contribution in [2.45, 2.75) is 20.4 Å². The fourth-order valence-electron chi connectivity index (χ4n) is 3.00. The topological polar surface area (TPSA) is 84.3 Å². The Kier molecular flexibility index (Phi) is 6.03. The molecule has 0 saturated heterocycles. The van der Waals surface area contributed by atoms with Gasteiger partial charge in [-0.2, -0.15) is 0 Å². The van der Waals surface area contributed by atoms with E-state index >= 15 is 0 Å². The third kappa shape index (κ3) is 5.23. The molecule has 1 N–H and O–H groups in total. The Labute approximate surface area is 171 Å². The summed E-state index contributed by atoms with van der Waals surface area (Å²) >= 11 is 0. The third-order valence-corrected chi connectivity index (χ3v) is 5.65. The van der Waals surface area contributed by atoms with E-state index in [0.717, 1.165) is 33.2 Å². The molecule has 0 aliphatic rings. The molecule has 0 fully saturated rings. The molecule has 29 heavy (non-hydrogen) atoms. The molecule has 1 amide bonds. The summed E-state index contributed by atoms with van der Waals surface area (Å²) in [5, 5.41) is 2.79. The lowest BCUT2D eigenvalue weighted by Crippen LogP contribution is -2.40. The zero-order chi connectivity index (χ0) is 21.0. The molecule has 152 valence electrons. The molecule has 0 unspecified atom stereocenters. The molecule has 0 spiro atoms. The lowest BCUT2D eigenvalue weighted by atomic mass is 10.2. The maximum Gasteiger partial charge on any atom is 0.241 e. The summed E-state index contributed by atoms with van der Waals surface area (Å²) in [4.78, 5) is 16.6. The normalized spacial score (nSPS) is 11.3. The fraction of sp³-hybridized carbons (Fsp3) is 0.238. The number of hydrogen-bond donors (Lipinski definition) is 1. The van der Waals surface area contributed by atoms with Gasteiger partial charge in [0.2, 0.25) is 15.9 Å². The highest BCUT2D eigenvalue weighted by atomic mass is 32.2. The van der Waals surface area contributed by atoms with Gasteiger partial charge in [0.15, 0.2) is 0 Å². The van der Waals surface area contributed by atoms with Gasteiger partial charge in [-0.15, -0.1) is 0 Å². The van der Waals surface area contributed by atoms with Crippen LogP contribution in [-0.2, 0) is 21.4 Å². The molecule has 0 bridgehead atoms. The van der Waals surface area contributed by atoms with Gasteiger partial charge in [0.25, 0.3) is 0 Å². The minimum Gasteiger partial charge on any atom is -0.350 e. The Morgan fingerprint density at radius 1 is 1.14 bits per heavy atom. The second-order valence-electron chi connectivity index (χ2n) is 6.90. The number of imidazole rings is 1. The zero-order valence-electron chi connectivity index (χ0n) is 16.7. The van der Waals surface area contributed by atoms with E-state index in [0.29, 0.717) is 12.2 Å². The standard InChI is InChI=1S/C21H24N4O3S/c1-16-5-4-6-20(13-16)25(29(3,27)28)15-21(26)23-14-18-7-9-19(10-8-18)24-12-11-22-17(24)2/h4-13H,14-15H2,1-3H3,(H,23,26). The summed E-state index contributed by atoms with van der Waals surface area (Å²) in [6, 6.07) is 14.8. The zero-order valence-corrected chi connectivity index (χ0v) is 17.5. The summed E-state index contributed by atoms with van der Waals surface area (Å²) in [6.07, 6.45) is 4.72. The first-order valence-corrected chi connectivity index (χ1v) is 11.0. The lowest BCUT2D eigenvalue weighted by Gasteiger charge is -2.22. The van der Waals surface area contributed by atoms with Crippen molar-refractivity contribution in [2.24, 2.45) is 0 Å². The molecule has 7 nitrogen and oxygen atoms in total. The van der Waals surface area contributed by atoms with Crippen LogP contribution in [0.2, 0.25) is 0 Å². The summed E-state index contributed by atoms with van der Waals surface area (Å²) in [6.45, 7) is 3.84. The quantitative estimate of drug-likeness (QED) is 0.646. The molecule has 0 saturated carbocycles. The van der Waals surface area contributed by atoms with Gasteiger partial charge < -0.3 is 9.88 Å². The van der Waals surface area contributed by atoms with E-state index in [9.17, 15) is 13.2 Å². The van der Waals surface area contributed by atoms with E-state index in [1.165, 1.54) is 0 Å². The number of carbonyl (C=O) groups excluding carboxylic acids is 1. The number of benzene rings is 2. The van der Waals surface area contributed by atoms with Crippen LogP contribution in [-0.4, -0.2) is 36.7 Å². The fourth-order valence-corrected chi connectivity index (χ4v) is 3.84. The van der Waals surface area contributed by atoms with E-state index in [1.807, 2.05) is 54.9 Å². The number of hydrogen-bond acceptors (Lipinski definition) is 4. The van der Waals surface area contributed by atoms with Crippen LogP contribution in [0, 0.1) is 13.8 Å². The monoisotopic (exact) mass is 412 g/mol. The van der Waals surface area contributed by atoms with Crippen LogP contribution in [0.3, 0.4) is 0 Å². The number of aromatic nitrogens is 2. The van der Waals surface area contributed by atoms with Crippen LogP contribution in [0.1, 0.15) is 17.0 Å². The molecule has 1 aromatic heterocycles. The van der Waals surface area contributed by atoms with Crippen LogP contribution >= 0.6 is 0 Å². The average Bonchev–Trinajstić information content (AvgIpc) is 3.10. The van der Waals surface area contributed by atoms with Crippen molar-refractivity contribution in [1.82, 2.24) is 14.9 Å². The molecule has 8 heteroatoms. The van der Waals surface area contributed by atoms with Crippen LogP contribution in [0.15, 0.2) is 60.9 Å². The van der Waals surface area contributed by atoms with Crippen molar-refractivity contribution < 1.29 is 13.2 Å². The Morgan fingerprint density at radius 3 is 2.45 bits per heavy atom. The lowest BCUT2D eigenvalue weighted by molar-refractivity contribution is -0.119. The number of nitrogens with one attached hydrogen (secondary N) is 1. The number of nitrogens with zero attached hydrogens (tertiary/aromatic N) is 3. The predicted octanol–water partition coefficient (Wildman–Crippen LogP) is 2.57. The van der Waals surface area contributed by atoms with Crippen LogP contribution in [0.4, 0.5) is 5.69 Å². The number of carbonyl (C=O) groups is 1. The van der Waals surface area contributed by atoms with Crippen molar-refractivity contribution in [2.75, 3.05) is 17.1 Å². The number of amides is 1. The molecule has 3 rings (SSSR count). The number of anilines is 1. The van der Waals surface area contributed by atoms with Crippen molar-refractivity contribution >= 4 is 21.6 Å². The average molecular weight is 413 g/mol. The first-order chi connectivity index (χ1) is 13.7. The second kappa shape index (κ2) is 8.48. The van der Waals surface area contributed by atoms with Gasteiger partial charge in [-0.25, -0.2) is 13.4 Å². The third-order valence-electron chi connectivity index (χ3n) is 4.51. The van der Waals surface area contributed by atoms with Crippen molar-refractivity contribution in [1.29, 1.82) is 0 Å². The van der Waals surface area contributed by atoms with Gasteiger partial charge >= 0.3 is 0 Å². The van der Waals surface area contributed by atoms with Gasteiger partial charge in [0, 0.05) is 24.6 Å². The summed E-state index contributed by atoms with van der Waals surface area (Å²) in [5.41, 5.74) is 3.30. The molecular formula is C21H24N4O3S. The first kappa shape index (κ1) is 20.6. The smallest absolute Gasteiger partial charge is 0.241 e. The summed E-state index contributed by atoms with van der Waals surface area (Å²) in [5.74, 6) is 0.523. The van der Waals surface area contributed by atoms with E-state index in [-0.39, 0.29) is 12.5 Å². The van der Waals surface area contributed by atoms with E-state index in [4.69, 9.17) is 0 Å². The molecule has 0 atom stereocenters. The molecule has 0 aliphatic carbocycles. The second-order valence-corrected chi connectivity index (χ2v) is 8.80. The highest BCUT2D eigenvalue weighted by Crippen LogP contribution is 2.18. The van der Waals surface area contributed by atoms with Gasteiger partial charge in [0.1, 0.15) is 12.4 Å². The largest absolute Gasteiger partial charge is 0.350 e. The van der Waals surface area contributed by atoms with Crippen molar-refractivity contribution in [3.63, 3.8) is 0 Å². The van der Waals surface area contributed by atoms with Gasteiger partial charge in [-0.1, -0.05) is 24.3 Å². The highest BCUT2D eigenvalue weighted by Gasteiger charge is 2.20. The first-order valence-electron chi connectivity index (χ1n) is 9.14. The van der Waals surface area contributed by atoms with Gasteiger partial charge in [-0.3, -0.25) is 9.10 Å². The Bertz CT molecular complexity index is 1100. The minimum absolute atomic E-state index is 0.269. The molecule has 0 radical (unpaired) electrons. The van der Waals surface area contributed by atoms with Crippen molar-refractivity contribution in [3.05, 3.63) is 77.9 Å². The van der Waals surface area contributed by atoms with E-state index in [1.54, 1.807) is 24.4 Å². The SMILES string of the molecule is Cc1cccc(N(CC(=O)NCc2ccc(-n3ccnc3C)cc2)S(C)(=O)=O)c1. The Hall–Kier alpha value is -3.13. The Morgan fingerprint density at radius 2 is 1.86 bits per heavy atom. The molecule has 1 heterocycles. The Balaban J connectivity index is 1.64.